The first-order chi connectivity index (χ1) is 10.7. The molecule has 23 heavy (non-hydrogen) atoms. The lowest BCUT2D eigenvalue weighted by Gasteiger charge is -2.00. The fourth-order valence-corrected chi connectivity index (χ4v) is 3.19. The van der Waals surface area contributed by atoms with E-state index in [0.29, 0.717) is 11.3 Å². The molecule has 0 saturated carbocycles. The van der Waals surface area contributed by atoms with Gasteiger partial charge in [0.1, 0.15) is 18.9 Å². The van der Waals surface area contributed by atoms with Crippen LogP contribution < -0.4 is 4.72 Å². The Morgan fingerprint density at radius 2 is 2.22 bits per heavy atom. The molecule has 0 unspecified atom stereocenters. The summed E-state index contributed by atoms with van der Waals surface area (Å²) in [6.45, 7) is 0.174. The smallest absolute Gasteiger partial charge is 0.291 e. The van der Waals surface area contributed by atoms with Crippen molar-refractivity contribution in [2.75, 3.05) is 12.8 Å². The topological polar surface area (TPSA) is 124 Å². The van der Waals surface area contributed by atoms with Gasteiger partial charge in [-0.1, -0.05) is 0 Å². The lowest BCUT2D eigenvalue weighted by atomic mass is 10.3. The van der Waals surface area contributed by atoms with Gasteiger partial charge >= 0.3 is 5.69 Å². The third-order valence-corrected chi connectivity index (χ3v) is 4.72. The van der Waals surface area contributed by atoms with Crippen LogP contribution in [0, 0.1) is 10.1 Å². The number of ketones is 1. The maximum atomic E-state index is 12.1. The number of hydrogen-bond donors (Lipinski definition) is 1. The number of carbonyl (C=O) groups excluding carboxylic acids is 1. The van der Waals surface area contributed by atoms with Crippen molar-refractivity contribution < 1.29 is 18.1 Å². The first-order valence-corrected chi connectivity index (χ1v) is 9.19. The summed E-state index contributed by atoms with van der Waals surface area (Å²) < 4.78 is 25.5. The van der Waals surface area contributed by atoms with Gasteiger partial charge in [0, 0.05) is 11.4 Å². The molecule has 0 saturated heterocycles. The Kier molecular flexibility index (Phi) is 5.23. The van der Waals surface area contributed by atoms with Crippen LogP contribution in [0.5, 0.6) is 0 Å². The molecule has 0 bridgehead atoms. The number of carbonyl (C=O) groups is 1. The quantitative estimate of drug-likeness (QED) is 0.423. The van der Waals surface area contributed by atoms with Crippen LogP contribution in [0.25, 0.3) is 0 Å². The number of nitrogens with zero attached hydrogens (tertiary/aromatic N) is 3. The molecule has 0 spiro atoms. The van der Waals surface area contributed by atoms with E-state index >= 15 is 0 Å². The maximum Gasteiger partial charge on any atom is 0.307 e. The van der Waals surface area contributed by atoms with E-state index in [9.17, 15) is 23.3 Å². The van der Waals surface area contributed by atoms with E-state index in [-0.39, 0.29) is 24.6 Å². The van der Waals surface area contributed by atoms with E-state index in [1.54, 1.807) is 12.1 Å². The minimum absolute atomic E-state index is 0.0879. The summed E-state index contributed by atoms with van der Waals surface area (Å²) in [7, 11) is -3.23. The van der Waals surface area contributed by atoms with Gasteiger partial charge in [-0.2, -0.15) is 5.10 Å². The molecule has 0 aliphatic heterocycles. The van der Waals surface area contributed by atoms with Crippen molar-refractivity contribution in [1.29, 1.82) is 0 Å². The number of aromatic nitrogens is 2. The summed E-state index contributed by atoms with van der Waals surface area (Å²) in [5.74, 6) is -0.213. The molecule has 0 amide bonds. The van der Waals surface area contributed by atoms with Crippen LogP contribution in [-0.4, -0.2) is 41.7 Å². The molecule has 0 aliphatic rings. The lowest BCUT2D eigenvalue weighted by Crippen LogP contribution is -2.24. The van der Waals surface area contributed by atoms with Gasteiger partial charge in [-0.25, -0.2) is 13.1 Å². The molecule has 124 valence electrons. The summed E-state index contributed by atoms with van der Waals surface area (Å²) in [5, 5.41) is 14.3. The average Bonchev–Trinajstić information content (AvgIpc) is 3.06. The predicted molar refractivity (Wildman–Crippen MR) is 84.1 cm³/mol. The van der Waals surface area contributed by atoms with Gasteiger partial charge in [-0.15, -0.1) is 11.3 Å². The zero-order valence-electron chi connectivity index (χ0n) is 12.1. The number of hydrogen-bond acceptors (Lipinski definition) is 7. The standard InChI is InChI=1S/C12H14N4O5S2/c1-23(20,21)14-5-4-10-2-3-12(22-10)11(17)8-15-7-9(6-13-15)16(18)19/h2-3,6-7,14H,4-5,8H2,1H3. The molecular formula is C12H14N4O5S2. The summed E-state index contributed by atoms with van der Waals surface area (Å²) in [6, 6.07) is 3.41. The molecule has 1 N–H and O–H groups in total. The summed E-state index contributed by atoms with van der Waals surface area (Å²) >= 11 is 1.26. The van der Waals surface area contributed by atoms with Crippen molar-refractivity contribution >= 4 is 32.8 Å². The van der Waals surface area contributed by atoms with E-state index < -0.39 is 14.9 Å². The number of rotatable bonds is 8. The second-order valence-electron chi connectivity index (χ2n) is 4.76. The number of thiophene rings is 1. The summed E-state index contributed by atoms with van der Waals surface area (Å²) in [4.78, 5) is 23.5. The molecule has 0 atom stereocenters. The van der Waals surface area contributed by atoms with E-state index in [4.69, 9.17) is 0 Å². The molecule has 0 aliphatic carbocycles. The van der Waals surface area contributed by atoms with Gasteiger partial charge in [-0.05, 0) is 18.6 Å². The Bertz CT molecular complexity index is 824. The first-order valence-electron chi connectivity index (χ1n) is 6.48. The normalized spacial score (nSPS) is 11.5. The van der Waals surface area contributed by atoms with E-state index in [2.05, 4.69) is 9.82 Å². The van der Waals surface area contributed by atoms with Gasteiger partial charge in [0.2, 0.25) is 10.0 Å². The Hall–Kier alpha value is -2.11. The number of sulfonamides is 1. The van der Waals surface area contributed by atoms with Gasteiger partial charge in [-0.3, -0.25) is 19.6 Å². The molecule has 2 heterocycles. The van der Waals surface area contributed by atoms with Crippen molar-refractivity contribution in [1.82, 2.24) is 14.5 Å². The summed E-state index contributed by atoms with van der Waals surface area (Å²) in [6.07, 6.45) is 3.85. The Balaban J connectivity index is 1.93. The summed E-state index contributed by atoms with van der Waals surface area (Å²) in [5.41, 5.74) is -0.170. The van der Waals surface area contributed by atoms with Crippen LogP contribution in [0.3, 0.4) is 0 Å². The van der Waals surface area contributed by atoms with Crippen LogP contribution in [-0.2, 0) is 23.0 Å². The minimum Gasteiger partial charge on any atom is -0.291 e. The predicted octanol–water partition coefficient (Wildman–Crippen LogP) is 0.827. The molecule has 2 aromatic heterocycles. The molecule has 0 radical (unpaired) electrons. The first kappa shape index (κ1) is 17.2. The average molecular weight is 358 g/mol. The van der Waals surface area contributed by atoms with Crippen LogP contribution in [0.1, 0.15) is 14.5 Å². The van der Waals surface area contributed by atoms with Crippen LogP contribution in [0.4, 0.5) is 5.69 Å². The van der Waals surface area contributed by atoms with Crippen molar-refractivity contribution in [3.8, 4) is 0 Å². The van der Waals surface area contributed by atoms with Gasteiger partial charge in [0.05, 0.1) is 16.1 Å². The Morgan fingerprint density at radius 3 is 2.83 bits per heavy atom. The highest BCUT2D eigenvalue weighted by Gasteiger charge is 2.14. The van der Waals surface area contributed by atoms with Crippen LogP contribution in [0.2, 0.25) is 0 Å². The number of nitro groups is 1. The monoisotopic (exact) mass is 358 g/mol. The highest BCUT2D eigenvalue weighted by Crippen LogP contribution is 2.18. The zero-order valence-corrected chi connectivity index (χ0v) is 13.8. The third-order valence-electron chi connectivity index (χ3n) is 2.81. The Labute approximate surface area is 136 Å². The van der Waals surface area contributed by atoms with Crippen LogP contribution in [0.15, 0.2) is 24.5 Å². The molecule has 9 nitrogen and oxygen atoms in total. The highest BCUT2D eigenvalue weighted by atomic mass is 32.2. The second-order valence-corrected chi connectivity index (χ2v) is 7.76. The zero-order chi connectivity index (χ0) is 17.0. The Morgan fingerprint density at radius 1 is 1.48 bits per heavy atom. The molecule has 11 heteroatoms. The SMILES string of the molecule is CS(=O)(=O)NCCc1ccc(C(=O)Cn2cc([N+](=O)[O-])cn2)s1. The third kappa shape index (κ3) is 5.23. The maximum absolute atomic E-state index is 12.1. The van der Waals surface area contributed by atoms with E-state index in [1.165, 1.54) is 22.2 Å². The minimum atomic E-state index is -3.23. The number of Topliss-reactive ketones (excluding diaryl/α,β-unsaturated/α-hetero) is 1. The van der Waals surface area contributed by atoms with Crippen molar-refractivity contribution in [3.05, 3.63) is 44.4 Å². The van der Waals surface area contributed by atoms with E-state index in [1.807, 2.05) is 0 Å². The fraction of sp³-hybridized carbons (Fsp3) is 0.333. The molecule has 2 aromatic rings. The number of nitrogens with one attached hydrogen (secondary N) is 1. The molecule has 0 aromatic carbocycles. The molecule has 2 rings (SSSR count). The fourth-order valence-electron chi connectivity index (χ4n) is 1.78. The van der Waals surface area contributed by atoms with Crippen LogP contribution >= 0.6 is 11.3 Å². The van der Waals surface area contributed by atoms with Crippen molar-refractivity contribution in [2.24, 2.45) is 0 Å². The van der Waals surface area contributed by atoms with Gasteiger partial charge in [0.25, 0.3) is 0 Å². The van der Waals surface area contributed by atoms with Crippen molar-refractivity contribution in [3.63, 3.8) is 0 Å². The van der Waals surface area contributed by atoms with Gasteiger partial charge in [0.15, 0.2) is 5.78 Å². The molecule has 0 fully saturated rings. The van der Waals surface area contributed by atoms with Crippen molar-refractivity contribution in [2.45, 2.75) is 13.0 Å². The molecular weight excluding hydrogens is 344 g/mol. The lowest BCUT2D eigenvalue weighted by molar-refractivity contribution is -0.385. The second kappa shape index (κ2) is 6.98. The van der Waals surface area contributed by atoms with Gasteiger partial charge < -0.3 is 0 Å². The largest absolute Gasteiger partial charge is 0.307 e. The van der Waals surface area contributed by atoms with E-state index in [0.717, 1.165) is 17.3 Å². The highest BCUT2D eigenvalue weighted by molar-refractivity contribution is 7.88.